The maximum Gasteiger partial charge on any atom is 0.322 e. The van der Waals surface area contributed by atoms with Gasteiger partial charge in [0.05, 0.1) is 7.11 Å². The summed E-state index contributed by atoms with van der Waals surface area (Å²) in [5.74, 6) is 0.163. The molecule has 142 valence electrons. The second-order valence-corrected chi connectivity index (χ2v) is 6.36. The van der Waals surface area contributed by atoms with Crippen molar-refractivity contribution < 1.29 is 18.7 Å². The third kappa shape index (κ3) is 4.75. The lowest BCUT2D eigenvalue weighted by Gasteiger charge is -2.24. The highest BCUT2D eigenvalue weighted by Crippen LogP contribution is 2.20. The van der Waals surface area contributed by atoms with Crippen LogP contribution in [0.5, 0.6) is 5.75 Å². The monoisotopic (exact) mass is 371 g/mol. The topological polar surface area (TPSA) is 70.7 Å². The summed E-state index contributed by atoms with van der Waals surface area (Å²) in [5.41, 5.74) is 1.41. The van der Waals surface area contributed by atoms with Crippen LogP contribution in [0.3, 0.4) is 0 Å². The molecule has 0 bridgehead atoms. The third-order valence-electron chi connectivity index (χ3n) is 4.51. The lowest BCUT2D eigenvalue weighted by molar-refractivity contribution is -0.124. The van der Waals surface area contributed by atoms with Crippen molar-refractivity contribution in [3.8, 4) is 5.75 Å². The largest absolute Gasteiger partial charge is 0.497 e. The van der Waals surface area contributed by atoms with E-state index in [1.165, 1.54) is 29.2 Å². The summed E-state index contributed by atoms with van der Waals surface area (Å²) in [5, 5.41) is 5.59. The summed E-state index contributed by atoms with van der Waals surface area (Å²) >= 11 is 0. The number of rotatable bonds is 5. The van der Waals surface area contributed by atoms with E-state index in [-0.39, 0.29) is 17.8 Å². The molecule has 3 rings (SSSR count). The first kappa shape index (κ1) is 18.7. The van der Waals surface area contributed by atoms with E-state index in [9.17, 15) is 14.0 Å². The minimum atomic E-state index is -0.518. The minimum Gasteiger partial charge on any atom is -0.497 e. The average Bonchev–Trinajstić information content (AvgIpc) is 3.18. The number of halogens is 1. The van der Waals surface area contributed by atoms with Crippen molar-refractivity contribution >= 4 is 17.6 Å². The Morgan fingerprint density at radius 2 is 2.00 bits per heavy atom. The SMILES string of the molecule is COc1cccc(CNC(=O)[C@@H]2CCCN2C(=O)Nc2ccc(F)cc2)c1. The van der Waals surface area contributed by atoms with Gasteiger partial charge in [-0.1, -0.05) is 12.1 Å². The van der Waals surface area contributed by atoms with Crippen LogP contribution in [0, 0.1) is 5.82 Å². The number of methoxy groups -OCH3 is 1. The second-order valence-electron chi connectivity index (χ2n) is 6.36. The highest BCUT2D eigenvalue weighted by molar-refractivity contribution is 5.94. The van der Waals surface area contributed by atoms with Gasteiger partial charge in [-0.05, 0) is 54.8 Å². The number of urea groups is 1. The molecule has 1 fully saturated rings. The van der Waals surface area contributed by atoms with Crippen molar-refractivity contribution in [1.29, 1.82) is 0 Å². The fourth-order valence-corrected chi connectivity index (χ4v) is 3.10. The molecule has 3 amide bonds. The van der Waals surface area contributed by atoms with Gasteiger partial charge in [0.25, 0.3) is 0 Å². The average molecular weight is 371 g/mol. The van der Waals surface area contributed by atoms with E-state index in [4.69, 9.17) is 4.74 Å². The molecule has 1 saturated heterocycles. The van der Waals surface area contributed by atoms with Gasteiger partial charge in [-0.15, -0.1) is 0 Å². The van der Waals surface area contributed by atoms with Crippen molar-refractivity contribution in [3.05, 3.63) is 59.9 Å². The molecular weight excluding hydrogens is 349 g/mol. The number of nitrogens with one attached hydrogen (secondary N) is 2. The van der Waals surface area contributed by atoms with Gasteiger partial charge in [0.15, 0.2) is 0 Å². The van der Waals surface area contributed by atoms with Crippen LogP contribution in [0.25, 0.3) is 0 Å². The second kappa shape index (κ2) is 8.53. The predicted octanol–water partition coefficient (Wildman–Crippen LogP) is 3.15. The number of carbonyl (C=O) groups excluding carboxylic acids is 2. The van der Waals surface area contributed by atoms with Gasteiger partial charge in [0.2, 0.25) is 5.91 Å². The molecule has 1 heterocycles. The minimum absolute atomic E-state index is 0.190. The fourth-order valence-electron chi connectivity index (χ4n) is 3.10. The Balaban J connectivity index is 1.58. The molecule has 2 N–H and O–H groups in total. The van der Waals surface area contributed by atoms with Crippen LogP contribution in [0.1, 0.15) is 18.4 Å². The number of likely N-dealkylation sites (tertiary alicyclic amines) is 1. The Hall–Kier alpha value is -3.09. The first-order valence-electron chi connectivity index (χ1n) is 8.80. The summed E-state index contributed by atoms with van der Waals surface area (Å²) in [6.45, 7) is 0.865. The lowest BCUT2D eigenvalue weighted by atomic mass is 10.2. The molecule has 2 aromatic carbocycles. The predicted molar refractivity (Wildman–Crippen MR) is 100.0 cm³/mol. The molecule has 1 aliphatic rings. The summed E-state index contributed by atoms with van der Waals surface area (Å²) in [6, 6.07) is 12.1. The normalized spacial score (nSPS) is 16.1. The standard InChI is InChI=1S/C20H22FN3O3/c1-27-17-5-2-4-14(12-17)13-22-19(25)18-6-3-11-24(18)20(26)23-16-9-7-15(21)8-10-16/h2,4-5,7-10,12,18H,3,6,11,13H2,1H3,(H,22,25)(H,23,26)/t18-/m0/s1. The van der Waals surface area contributed by atoms with Crippen LogP contribution in [-0.4, -0.2) is 36.5 Å². The maximum atomic E-state index is 13.0. The number of anilines is 1. The molecule has 0 spiro atoms. The Bertz CT molecular complexity index is 810. The zero-order valence-electron chi connectivity index (χ0n) is 15.1. The fraction of sp³-hybridized carbons (Fsp3) is 0.300. The highest BCUT2D eigenvalue weighted by atomic mass is 19.1. The highest BCUT2D eigenvalue weighted by Gasteiger charge is 2.34. The summed E-state index contributed by atoms with van der Waals surface area (Å²) in [7, 11) is 1.59. The molecule has 6 nitrogen and oxygen atoms in total. The van der Waals surface area contributed by atoms with Gasteiger partial charge in [-0.2, -0.15) is 0 Å². The van der Waals surface area contributed by atoms with Crippen LogP contribution < -0.4 is 15.4 Å². The van der Waals surface area contributed by atoms with Crippen LogP contribution in [0.2, 0.25) is 0 Å². The van der Waals surface area contributed by atoms with E-state index in [0.717, 1.165) is 17.7 Å². The molecular formula is C20H22FN3O3. The number of amides is 3. The Morgan fingerprint density at radius 3 is 2.74 bits per heavy atom. The van der Waals surface area contributed by atoms with Crippen molar-refractivity contribution in [2.75, 3.05) is 19.0 Å². The van der Waals surface area contributed by atoms with E-state index in [1.54, 1.807) is 7.11 Å². The molecule has 0 aromatic heterocycles. The van der Waals surface area contributed by atoms with Crippen LogP contribution in [0.4, 0.5) is 14.9 Å². The quantitative estimate of drug-likeness (QED) is 0.848. The third-order valence-corrected chi connectivity index (χ3v) is 4.51. The number of hydrogen-bond acceptors (Lipinski definition) is 3. The lowest BCUT2D eigenvalue weighted by Crippen LogP contribution is -2.47. The van der Waals surface area contributed by atoms with Gasteiger partial charge in [0.1, 0.15) is 17.6 Å². The Kier molecular flexibility index (Phi) is 5.90. The zero-order valence-corrected chi connectivity index (χ0v) is 15.1. The van der Waals surface area contributed by atoms with E-state index in [0.29, 0.717) is 25.2 Å². The molecule has 0 radical (unpaired) electrons. The zero-order chi connectivity index (χ0) is 19.2. The summed E-state index contributed by atoms with van der Waals surface area (Å²) in [4.78, 5) is 26.6. The summed E-state index contributed by atoms with van der Waals surface area (Å²) < 4.78 is 18.2. The van der Waals surface area contributed by atoms with Crippen molar-refractivity contribution in [2.24, 2.45) is 0 Å². The van der Waals surface area contributed by atoms with E-state index >= 15 is 0 Å². The number of hydrogen-bond donors (Lipinski definition) is 2. The number of ether oxygens (including phenoxy) is 1. The van der Waals surface area contributed by atoms with Gasteiger partial charge in [-0.3, -0.25) is 4.79 Å². The van der Waals surface area contributed by atoms with Crippen molar-refractivity contribution in [3.63, 3.8) is 0 Å². The van der Waals surface area contributed by atoms with Crippen LogP contribution in [0.15, 0.2) is 48.5 Å². The molecule has 1 aliphatic heterocycles. The Labute approximate surface area is 157 Å². The number of benzene rings is 2. The van der Waals surface area contributed by atoms with Crippen molar-refractivity contribution in [2.45, 2.75) is 25.4 Å². The molecule has 27 heavy (non-hydrogen) atoms. The Morgan fingerprint density at radius 1 is 1.22 bits per heavy atom. The first-order chi connectivity index (χ1) is 13.1. The smallest absolute Gasteiger partial charge is 0.322 e. The van der Waals surface area contributed by atoms with Crippen molar-refractivity contribution in [1.82, 2.24) is 10.2 Å². The first-order valence-corrected chi connectivity index (χ1v) is 8.80. The molecule has 0 unspecified atom stereocenters. The van der Waals surface area contributed by atoms with E-state index < -0.39 is 6.04 Å². The van der Waals surface area contributed by atoms with Gasteiger partial charge in [0, 0.05) is 18.8 Å². The maximum absolute atomic E-state index is 13.0. The molecule has 7 heteroatoms. The summed E-state index contributed by atoms with van der Waals surface area (Å²) in [6.07, 6.45) is 1.37. The van der Waals surface area contributed by atoms with E-state index in [1.807, 2.05) is 24.3 Å². The number of nitrogens with zero attached hydrogens (tertiary/aromatic N) is 1. The van der Waals surface area contributed by atoms with Gasteiger partial charge < -0.3 is 20.3 Å². The molecule has 1 atom stereocenters. The van der Waals surface area contributed by atoms with Crippen LogP contribution >= 0.6 is 0 Å². The number of carbonyl (C=O) groups is 2. The van der Waals surface area contributed by atoms with Gasteiger partial charge >= 0.3 is 6.03 Å². The van der Waals surface area contributed by atoms with Gasteiger partial charge in [-0.25, -0.2) is 9.18 Å². The molecule has 0 aliphatic carbocycles. The molecule has 2 aromatic rings. The van der Waals surface area contributed by atoms with Crippen LogP contribution in [-0.2, 0) is 11.3 Å². The van der Waals surface area contributed by atoms with E-state index in [2.05, 4.69) is 10.6 Å². The molecule has 0 saturated carbocycles.